The minimum absolute atomic E-state index is 0.0155. The number of nitrogens with one attached hydrogen (secondary N) is 1. The van der Waals surface area contributed by atoms with Gasteiger partial charge in [0.25, 0.3) is 5.91 Å². The second-order valence-electron chi connectivity index (χ2n) is 7.10. The molecule has 0 bridgehead atoms. The molecule has 1 aliphatic rings. The Morgan fingerprint density at radius 2 is 1.83 bits per heavy atom. The highest BCUT2D eigenvalue weighted by Gasteiger charge is 2.19. The van der Waals surface area contributed by atoms with Crippen LogP contribution in [-0.4, -0.2) is 33.9 Å². The SMILES string of the molecule is Nc1ccc(-c2ccc(F)nc2N)nc1C(=O)Nc1cnccc1N1CCCCC1. The molecular formula is C21H22FN7O. The summed E-state index contributed by atoms with van der Waals surface area (Å²) in [4.78, 5) is 27.3. The lowest BCUT2D eigenvalue weighted by Gasteiger charge is -2.30. The van der Waals surface area contributed by atoms with E-state index in [4.69, 9.17) is 11.5 Å². The van der Waals surface area contributed by atoms with Crippen molar-refractivity contribution in [3.8, 4) is 11.3 Å². The number of nitrogens with zero attached hydrogens (tertiary/aromatic N) is 4. The maximum atomic E-state index is 13.3. The van der Waals surface area contributed by atoms with Gasteiger partial charge in [-0.05, 0) is 49.6 Å². The fourth-order valence-electron chi connectivity index (χ4n) is 3.54. The molecule has 3 aromatic rings. The Kier molecular flexibility index (Phi) is 5.42. The predicted molar refractivity (Wildman–Crippen MR) is 115 cm³/mol. The van der Waals surface area contributed by atoms with Crippen LogP contribution in [-0.2, 0) is 0 Å². The summed E-state index contributed by atoms with van der Waals surface area (Å²) >= 11 is 0. The molecular weight excluding hydrogens is 385 g/mol. The molecule has 1 fully saturated rings. The minimum atomic E-state index is -0.688. The van der Waals surface area contributed by atoms with Crippen LogP contribution in [0.25, 0.3) is 11.3 Å². The number of halogens is 1. The Bertz CT molecular complexity index is 1080. The van der Waals surface area contributed by atoms with Crippen molar-refractivity contribution in [1.82, 2.24) is 15.0 Å². The lowest BCUT2D eigenvalue weighted by atomic mass is 10.1. The predicted octanol–water partition coefficient (Wildman–Crippen LogP) is 3.08. The van der Waals surface area contributed by atoms with E-state index < -0.39 is 11.9 Å². The quantitative estimate of drug-likeness (QED) is 0.568. The lowest BCUT2D eigenvalue weighted by molar-refractivity contribution is 0.102. The Hall–Kier alpha value is -3.75. The second-order valence-corrected chi connectivity index (χ2v) is 7.10. The molecule has 0 aromatic carbocycles. The third kappa shape index (κ3) is 4.00. The summed E-state index contributed by atoms with van der Waals surface area (Å²) in [5.41, 5.74) is 14.4. The molecule has 5 N–H and O–H groups in total. The number of rotatable bonds is 4. The van der Waals surface area contributed by atoms with E-state index in [-0.39, 0.29) is 17.2 Å². The molecule has 0 radical (unpaired) electrons. The summed E-state index contributed by atoms with van der Waals surface area (Å²) in [6.45, 7) is 1.86. The highest BCUT2D eigenvalue weighted by molar-refractivity contribution is 6.08. The normalized spacial score (nSPS) is 13.8. The minimum Gasteiger partial charge on any atom is -0.397 e. The molecule has 8 nitrogen and oxygen atoms in total. The zero-order chi connectivity index (χ0) is 21.1. The number of aromatic nitrogens is 3. The maximum absolute atomic E-state index is 13.3. The number of piperidine rings is 1. The van der Waals surface area contributed by atoms with Gasteiger partial charge in [-0.15, -0.1) is 0 Å². The first kappa shape index (κ1) is 19.6. The molecule has 30 heavy (non-hydrogen) atoms. The third-order valence-electron chi connectivity index (χ3n) is 5.05. The second kappa shape index (κ2) is 8.32. The number of nitrogen functional groups attached to an aromatic ring is 2. The summed E-state index contributed by atoms with van der Waals surface area (Å²) in [6.07, 6.45) is 6.75. The van der Waals surface area contributed by atoms with Gasteiger partial charge in [-0.3, -0.25) is 9.78 Å². The summed E-state index contributed by atoms with van der Waals surface area (Å²) in [5, 5.41) is 2.87. The van der Waals surface area contributed by atoms with Crippen molar-refractivity contribution in [2.75, 3.05) is 34.8 Å². The highest BCUT2D eigenvalue weighted by Crippen LogP contribution is 2.29. The molecule has 9 heteroatoms. The van der Waals surface area contributed by atoms with Gasteiger partial charge in [0.05, 0.1) is 29.0 Å². The van der Waals surface area contributed by atoms with Gasteiger partial charge in [0.1, 0.15) is 5.82 Å². The van der Waals surface area contributed by atoms with Gasteiger partial charge in [0.15, 0.2) is 5.69 Å². The van der Waals surface area contributed by atoms with Crippen molar-refractivity contribution in [3.63, 3.8) is 0 Å². The molecule has 1 amide bonds. The number of amides is 1. The van der Waals surface area contributed by atoms with E-state index in [1.807, 2.05) is 6.07 Å². The van der Waals surface area contributed by atoms with Crippen molar-refractivity contribution in [2.45, 2.75) is 19.3 Å². The van der Waals surface area contributed by atoms with Gasteiger partial charge in [0, 0.05) is 24.8 Å². The molecule has 154 valence electrons. The zero-order valence-electron chi connectivity index (χ0n) is 16.3. The van der Waals surface area contributed by atoms with Crippen LogP contribution < -0.4 is 21.7 Å². The Morgan fingerprint density at radius 1 is 1.03 bits per heavy atom. The number of nitrogens with two attached hydrogens (primary N) is 2. The largest absolute Gasteiger partial charge is 0.397 e. The molecule has 0 spiro atoms. The average molecular weight is 407 g/mol. The van der Waals surface area contributed by atoms with Crippen molar-refractivity contribution >= 4 is 28.8 Å². The smallest absolute Gasteiger partial charge is 0.276 e. The number of anilines is 4. The first-order valence-corrected chi connectivity index (χ1v) is 9.72. The first-order chi connectivity index (χ1) is 14.5. The number of carbonyl (C=O) groups excluding carboxylic acids is 1. The average Bonchev–Trinajstić information content (AvgIpc) is 2.75. The van der Waals surface area contributed by atoms with Gasteiger partial charge < -0.3 is 21.7 Å². The Morgan fingerprint density at radius 3 is 2.60 bits per heavy atom. The van der Waals surface area contributed by atoms with E-state index in [0.29, 0.717) is 16.9 Å². The Balaban J connectivity index is 1.63. The number of hydrogen-bond acceptors (Lipinski definition) is 7. The van der Waals surface area contributed by atoms with Gasteiger partial charge in [-0.1, -0.05) is 0 Å². The van der Waals surface area contributed by atoms with E-state index >= 15 is 0 Å². The van der Waals surface area contributed by atoms with Gasteiger partial charge >= 0.3 is 0 Å². The zero-order valence-corrected chi connectivity index (χ0v) is 16.3. The molecule has 1 saturated heterocycles. The van der Waals surface area contributed by atoms with Crippen molar-refractivity contribution < 1.29 is 9.18 Å². The molecule has 4 rings (SSSR count). The van der Waals surface area contributed by atoms with Gasteiger partial charge in [-0.2, -0.15) is 4.39 Å². The molecule has 0 atom stereocenters. The van der Waals surface area contributed by atoms with E-state index in [1.165, 1.54) is 18.6 Å². The van der Waals surface area contributed by atoms with Gasteiger partial charge in [0.2, 0.25) is 5.95 Å². The standard InChI is InChI=1S/C21H22FN7O/c22-18-7-4-13(20(24)28-18)15-6-5-14(23)19(26-15)21(30)27-16-12-25-9-8-17(16)29-10-2-1-3-11-29/h4-9,12H,1-3,10-11,23H2,(H2,24,28)(H,27,30). The van der Waals surface area contributed by atoms with Crippen molar-refractivity contribution in [3.05, 3.63) is 54.4 Å². The highest BCUT2D eigenvalue weighted by atomic mass is 19.1. The van der Waals surface area contributed by atoms with Crippen LogP contribution in [0, 0.1) is 5.95 Å². The van der Waals surface area contributed by atoms with Crippen LogP contribution in [0.4, 0.5) is 27.3 Å². The number of hydrogen-bond donors (Lipinski definition) is 3. The van der Waals surface area contributed by atoms with Crippen LogP contribution in [0.1, 0.15) is 29.8 Å². The third-order valence-corrected chi connectivity index (χ3v) is 5.05. The van der Waals surface area contributed by atoms with Crippen LogP contribution in [0.2, 0.25) is 0 Å². The van der Waals surface area contributed by atoms with Crippen LogP contribution in [0.5, 0.6) is 0 Å². The van der Waals surface area contributed by atoms with Crippen molar-refractivity contribution in [1.29, 1.82) is 0 Å². The summed E-state index contributed by atoms with van der Waals surface area (Å²) in [6, 6.07) is 7.71. The van der Waals surface area contributed by atoms with Crippen LogP contribution >= 0.6 is 0 Å². The molecule has 0 saturated carbocycles. The molecule has 3 aromatic heterocycles. The Labute approximate surface area is 173 Å². The summed E-state index contributed by atoms with van der Waals surface area (Å²) in [5.74, 6) is -1.17. The fourth-order valence-corrected chi connectivity index (χ4v) is 3.54. The summed E-state index contributed by atoms with van der Waals surface area (Å²) < 4.78 is 13.3. The summed E-state index contributed by atoms with van der Waals surface area (Å²) in [7, 11) is 0. The molecule has 4 heterocycles. The first-order valence-electron chi connectivity index (χ1n) is 9.72. The van der Waals surface area contributed by atoms with E-state index in [0.717, 1.165) is 31.6 Å². The fraction of sp³-hybridized carbons (Fsp3) is 0.238. The monoisotopic (exact) mass is 407 g/mol. The lowest BCUT2D eigenvalue weighted by Crippen LogP contribution is -2.30. The molecule has 0 unspecified atom stereocenters. The topological polar surface area (TPSA) is 123 Å². The van der Waals surface area contributed by atoms with Crippen LogP contribution in [0.3, 0.4) is 0 Å². The number of pyridine rings is 3. The van der Waals surface area contributed by atoms with Crippen LogP contribution in [0.15, 0.2) is 42.7 Å². The van der Waals surface area contributed by atoms with Crippen molar-refractivity contribution in [2.24, 2.45) is 0 Å². The van der Waals surface area contributed by atoms with Gasteiger partial charge in [-0.25, -0.2) is 9.97 Å². The molecule has 1 aliphatic heterocycles. The van der Waals surface area contributed by atoms with E-state index in [2.05, 4.69) is 25.2 Å². The maximum Gasteiger partial charge on any atom is 0.276 e. The van der Waals surface area contributed by atoms with E-state index in [9.17, 15) is 9.18 Å². The molecule has 0 aliphatic carbocycles. The van der Waals surface area contributed by atoms with E-state index in [1.54, 1.807) is 24.5 Å². The number of carbonyl (C=O) groups is 1.